The third-order valence-electron chi connectivity index (χ3n) is 7.57. The second-order valence-corrected chi connectivity index (χ2v) is 13.0. The Balaban J connectivity index is 1.61. The third-order valence-corrected chi connectivity index (χ3v) is 8.74. The van der Waals surface area contributed by atoms with Crippen LogP contribution in [-0.2, 0) is 21.4 Å². The van der Waals surface area contributed by atoms with Crippen LogP contribution < -0.4 is 5.32 Å². The van der Waals surface area contributed by atoms with Crippen molar-refractivity contribution in [1.82, 2.24) is 4.98 Å². The summed E-state index contributed by atoms with van der Waals surface area (Å²) in [5.41, 5.74) is 2.81. The highest BCUT2D eigenvalue weighted by molar-refractivity contribution is 8.04. The first-order valence-corrected chi connectivity index (χ1v) is 14.6. The number of carbonyl (C=O) groups is 2. The van der Waals surface area contributed by atoms with Gasteiger partial charge in [-0.3, -0.25) is 9.78 Å². The summed E-state index contributed by atoms with van der Waals surface area (Å²) in [6.45, 7) is 12.1. The number of thioether (sulfide) groups is 1. The van der Waals surface area contributed by atoms with E-state index in [9.17, 15) is 19.8 Å². The van der Waals surface area contributed by atoms with Crippen molar-refractivity contribution in [3.8, 4) is 5.75 Å². The number of phenolic OH excluding ortho intramolecular Hbond substituents is 1. The molecule has 2 heterocycles. The van der Waals surface area contributed by atoms with E-state index in [1.54, 1.807) is 36.7 Å². The lowest BCUT2D eigenvalue weighted by molar-refractivity contribution is -0.164. The van der Waals surface area contributed by atoms with Crippen LogP contribution >= 0.6 is 11.8 Å². The molecule has 0 bridgehead atoms. The first-order chi connectivity index (χ1) is 19.3. The van der Waals surface area contributed by atoms with Gasteiger partial charge in [0.05, 0.1) is 0 Å². The Kier molecular flexibility index (Phi) is 8.83. The number of pyridine rings is 1. The van der Waals surface area contributed by atoms with Gasteiger partial charge in [0, 0.05) is 35.0 Å². The van der Waals surface area contributed by atoms with Crippen molar-refractivity contribution in [2.45, 2.75) is 76.7 Å². The van der Waals surface area contributed by atoms with Crippen LogP contribution in [0.15, 0.2) is 76.5 Å². The molecule has 0 unspecified atom stereocenters. The Morgan fingerprint density at radius 3 is 2.34 bits per heavy atom. The van der Waals surface area contributed by atoms with Crippen LogP contribution in [-0.4, -0.2) is 32.7 Å². The van der Waals surface area contributed by atoms with Gasteiger partial charge in [-0.2, -0.15) is 0 Å². The summed E-state index contributed by atoms with van der Waals surface area (Å²) in [5, 5.41) is 23.8. The van der Waals surface area contributed by atoms with Crippen molar-refractivity contribution in [3.63, 3.8) is 0 Å². The number of phenols is 1. The number of aryl methyl sites for hydroxylation is 2. The van der Waals surface area contributed by atoms with E-state index in [4.69, 9.17) is 4.74 Å². The number of amides is 1. The van der Waals surface area contributed by atoms with E-state index in [0.29, 0.717) is 24.1 Å². The normalized spacial score (nSPS) is 17.5. The maximum atomic E-state index is 13.4. The van der Waals surface area contributed by atoms with Gasteiger partial charge >= 0.3 is 5.97 Å². The molecule has 1 atom stereocenters. The minimum Gasteiger partial charge on any atom is -0.511 e. The molecule has 0 radical (unpaired) electrons. The predicted molar refractivity (Wildman–Crippen MR) is 162 cm³/mol. The van der Waals surface area contributed by atoms with E-state index >= 15 is 0 Å². The van der Waals surface area contributed by atoms with Gasteiger partial charge in [0.15, 0.2) is 0 Å². The molecule has 0 fully saturated rings. The number of aromatic nitrogens is 1. The highest BCUT2D eigenvalue weighted by Gasteiger charge is 2.44. The van der Waals surface area contributed by atoms with Gasteiger partial charge in [0.1, 0.15) is 22.0 Å². The van der Waals surface area contributed by atoms with Gasteiger partial charge in [-0.15, -0.1) is 0 Å². The fraction of sp³-hybridized carbons (Fsp3) is 0.364. The summed E-state index contributed by atoms with van der Waals surface area (Å²) >= 11 is 1.21. The number of benzene rings is 2. The zero-order chi connectivity index (χ0) is 29.9. The molecule has 41 heavy (non-hydrogen) atoms. The summed E-state index contributed by atoms with van der Waals surface area (Å²) in [7, 11) is 0. The molecule has 0 spiro atoms. The molecule has 2 aromatic carbocycles. The predicted octanol–water partition coefficient (Wildman–Crippen LogP) is 7.48. The molecular weight excluding hydrogens is 536 g/mol. The number of ether oxygens (including phenoxy) is 1. The number of carbonyl (C=O) groups excluding carboxylic acids is 2. The van der Waals surface area contributed by atoms with Gasteiger partial charge in [-0.1, -0.05) is 58.5 Å². The fourth-order valence-corrected chi connectivity index (χ4v) is 6.16. The van der Waals surface area contributed by atoms with Gasteiger partial charge in [-0.05, 0) is 84.2 Å². The highest BCUT2D eigenvalue weighted by atomic mass is 32.2. The number of aliphatic hydroxyl groups is 1. The van der Waals surface area contributed by atoms with Crippen LogP contribution in [0.3, 0.4) is 0 Å². The SMILES string of the molecule is Cc1cc(SC2=C(O)C[C@@](CCc3ccc(O)cc3)(C(C)C)OC2=O)c(C(C)(C)C)cc1NC(=O)c1ccncc1. The minimum atomic E-state index is -0.840. The van der Waals surface area contributed by atoms with E-state index in [0.717, 1.165) is 21.6 Å². The Morgan fingerprint density at radius 2 is 1.76 bits per heavy atom. The van der Waals surface area contributed by atoms with Crippen LogP contribution in [0.1, 0.15) is 74.5 Å². The van der Waals surface area contributed by atoms with Gasteiger partial charge in [-0.25, -0.2) is 4.79 Å². The summed E-state index contributed by atoms with van der Waals surface area (Å²) in [6, 6.07) is 14.2. The maximum absolute atomic E-state index is 13.4. The molecule has 8 heteroatoms. The van der Waals surface area contributed by atoms with Crippen LogP contribution in [0.25, 0.3) is 0 Å². The molecule has 1 aliphatic rings. The van der Waals surface area contributed by atoms with Crippen LogP contribution in [0, 0.1) is 12.8 Å². The summed E-state index contributed by atoms with van der Waals surface area (Å²) < 4.78 is 6.13. The van der Waals surface area contributed by atoms with E-state index in [1.807, 2.05) is 45.0 Å². The average Bonchev–Trinajstić information content (AvgIpc) is 2.91. The van der Waals surface area contributed by atoms with Gasteiger partial charge in [0.25, 0.3) is 5.91 Å². The maximum Gasteiger partial charge on any atom is 0.349 e. The molecule has 0 saturated carbocycles. The summed E-state index contributed by atoms with van der Waals surface area (Å²) in [6.07, 6.45) is 4.56. The van der Waals surface area contributed by atoms with Gasteiger partial charge in [0.2, 0.25) is 0 Å². The van der Waals surface area contributed by atoms with Crippen molar-refractivity contribution in [2.24, 2.45) is 5.92 Å². The number of aromatic hydroxyl groups is 1. The second-order valence-electron chi connectivity index (χ2n) is 11.9. The number of aliphatic hydroxyl groups excluding tert-OH is 1. The minimum absolute atomic E-state index is 0.0204. The molecule has 1 amide bonds. The standard InChI is InChI=1S/C33H38N2O5S/c1-20(2)33(14-11-22-7-9-24(36)10-8-22)19-27(37)29(31(39)40-33)41-28-17-21(3)26(18-25(28)32(4,5)6)35-30(38)23-12-15-34-16-13-23/h7-10,12-13,15-18,20,36-37H,11,14,19H2,1-6H3,(H,35,38)/t33-/m0/s1. The van der Waals surface area contributed by atoms with Crippen LogP contribution in [0.4, 0.5) is 5.69 Å². The monoisotopic (exact) mass is 574 g/mol. The van der Waals surface area contributed by atoms with Crippen molar-refractivity contribution >= 4 is 29.3 Å². The summed E-state index contributed by atoms with van der Waals surface area (Å²) in [4.78, 5) is 31.2. The smallest absolute Gasteiger partial charge is 0.349 e. The van der Waals surface area contributed by atoms with Crippen molar-refractivity contribution < 1.29 is 24.5 Å². The highest BCUT2D eigenvalue weighted by Crippen LogP contribution is 2.46. The largest absolute Gasteiger partial charge is 0.511 e. The average molecular weight is 575 g/mol. The fourth-order valence-electron chi connectivity index (χ4n) is 4.91. The number of nitrogens with one attached hydrogen (secondary N) is 1. The van der Waals surface area contributed by atoms with E-state index in [1.165, 1.54) is 11.8 Å². The quantitative estimate of drug-likeness (QED) is 0.239. The first kappa shape index (κ1) is 30.2. The molecule has 0 saturated heterocycles. The Labute approximate surface area is 246 Å². The number of esters is 1. The molecule has 4 rings (SSSR count). The zero-order valence-electron chi connectivity index (χ0n) is 24.4. The number of hydrogen-bond donors (Lipinski definition) is 3. The first-order valence-electron chi connectivity index (χ1n) is 13.8. The second kappa shape index (κ2) is 12.0. The van der Waals surface area contributed by atoms with Crippen molar-refractivity contribution in [3.05, 3.63) is 93.8 Å². The van der Waals surface area contributed by atoms with E-state index in [-0.39, 0.29) is 40.1 Å². The molecule has 216 valence electrons. The summed E-state index contributed by atoms with van der Waals surface area (Å²) in [5.74, 6) is -0.561. The Hall–Kier alpha value is -3.78. The molecule has 7 nitrogen and oxygen atoms in total. The molecular formula is C33H38N2O5S. The molecule has 0 aliphatic carbocycles. The van der Waals surface area contributed by atoms with Crippen LogP contribution in [0.2, 0.25) is 0 Å². The number of anilines is 1. The number of cyclic esters (lactones) is 1. The van der Waals surface area contributed by atoms with Gasteiger partial charge < -0.3 is 20.3 Å². The lowest BCUT2D eigenvalue weighted by atomic mass is 9.80. The molecule has 1 aliphatic heterocycles. The van der Waals surface area contributed by atoms with Crippen LogP contribution in [0.5, 0.6) is 5.75 Å². The lowest BCUT2D eigenvalue weighted by Gasteiger charge is -2.40. The number of hydrogen-bond acceptors (Lipinski definition) is 7. The van der Waals surface area contributed by atoms with Crippen molar-refractivity contribution in [1.29, 1.82) is 0 Å². The van der Waals surface area contributed by atoms with E-state index in [2.05, 4.69) is 31.1 Å². The van der Waals surface area contributed by atoms with E-state index < -0.39 is 11.6 Å². The topological polar surface area (TPSA) is 109 Å². The molecule has 3 N–H and O–H groups in total. The number of rotatable bonds is 8. The molecule has 3 aromatic rings. The Bertz CT molecular complexity index is 1460. The Morgan fingerprint density at radius 1 is 1.10 bits per heavy atom. The third kappa shape index (κ3) is 6.93. The molecule has 1 aromatic heterocycles. The lowest BCUT2D eigenvalue weighted by Crippen LogP contribution is -2.44. The zero-order valence-corrected chi connectivity index (χ0v) is 25.3. The number of nitrogens with zero attached hydrogens (tertiary/aromatic N) is 1. The van der Waals surface area contributed by atoms with Crippen molar-refractivity contribution in [2.75, 3.05) is 5.32 Å².